The summed E-state index contributed by atoms with van der Waals surface area (Å²) in [5, 5.41) is 4.32. The Hall–Kier alpha value is -9.33. The van der Waals surface area contributed by atoms with Crippen molar-refractivity contribution in [2.24, 2.45) is 0 Å². The smallest absolute Gasteiger partial charge is 0.240 e. The molecule has 1 aliphatic carbocycles. The van der Waals surface area contributed by atoms with Crippen LogP contribution in [0.2, 0.25) is 0 Å². The summed E-state index contributed by atoms with van der Waals surface area (Å²) in [6.07, 6.45) is 0. The number of aromatic nitrogens is 7. The molecular formula is C64H43N7. The van der Waals surface area contributed by atoms with Crippen LogP contribution in [-0.2, 0) is 5.41 Å². The summed E-state index contributed by atoms with van der Waals surface area (Å²) in [5.41, 5.74) is 17.0. The molecule has 334 valence electrons. The van der Waals surface area contributed by atoms with E-state index >= 15 is 0 Å². The quantitative estimate of drug-likeness (QED) is 0.159. The van der Waals surface area contributed by atoms with E-state index in [1.54, 1.807) is 0 Å². The molecule has 0 unspecified atom stereocenters. The van der Waals surface area contributed by atoms with E-state index in [0.29, 0.717) is 29.1 Å². The lowest BCUT2D eigenvalue weighted by atomic mass is 9.82. The van der Waals surface area contributed by atoms with Crippen molar-refractivity contribution in [2.75, 3.05) is 0 Å². The largest absolute Gasteiger partial charge is 0.309 e. The van der Waals surface area contributed by atoms with Crippen molar-refractivity contribution in [3.63, 3.8) is 0 Å². The van der Waals surface area contributed by atoms with Gasteiger partial charge in [0.1, 0.15) is 0 Å². The number of fused-ring (bicyclic) bond motifs is 9. The molecule has 14 rings (SSSR count). The molecule has 7 heteroatoms. The first-order chi connectivity index (χ1) is 35.0. The third-order valence-electron chi connectivity index (χ3n) is 14.4. The zero-order valence-electron chi connectivity index (χ0n) is 39.0. The summed E-state index contributed by atoms with van der Waals surface area (Å²) >= 11 is 0. The standard InChI is InChI=1S/C64H43N7/c1-64(2)52-31-19-18-30-47(52)48-38-50-49-36-44(32-34-54(49)70(56(50)39-53(48)64)46-28-16-7-17-29-46)45-33-35-55-51(37-45)57-58(40-20-8-3-9-21-40)65-59(41-22-10-4-11-23-41)67-62(57)71(55)63-68-60(42-24-12-5-13-25-42)66-61(69-63)43-26-14-6-15-27-43/h3-39H,1-2H3. The van der Waals surface area contributed by atoms with E-state index in [4.69, 9.17) is 24.9 Å². The Balaban J connectivity index is 1.05. The Bertz CT molecular complexity index is 4160. The van der Waals surface area contributed by atoms with Gasteiger partial charge in [-0.05, 0) is 81.9 Å². The number of benzene rings is 9. The second-order valence-corrected chi connectivity index (χ2v) is 18.9. The van der Waals surface area contributed by atoms with Crippen molar-refractivity contribution < 1.29 is 0 Å². The highest BCUT2D eigenvalue weighted by atomic mass is 15.2. The number of para-hydroxylation sites is 1. The van der Waals surface area contributed by atoms with Crippen LogP contribution < -0.4 is 0 Å². The van der Waals surface area contributed by atoms with Crippen molar-refractivity contribution >= 4 is 43.7 Å². The van der Waals surface area contributed by atoms with Gasteiger partial charge in [-0.15, -0.1) is 0 Å². The zero-order chi connectivity index (χ0) is 47.2. The lowest BCUT2D eigenvalue weighted by Gasteiger charge is -2.21. The molecule has 0 spiro atoms. The van der Waals surface area contributed by atoms with Crippen LogP contribution in [0, 0.1) is 0 Å². The summed E-state index contributed by atoms with van der Waals surface area (Å²) < 4.78 is 4.53. The van der Waals surface area contributed by atoms with Gasteiger partial charge in [0.15, 0.2) is 23.1 Å². The van der Waals surface area contributed by atoms with Crippen molar-refractivity contribution in [3.8, 4) is 79.3 Å². The highest BCUT2D eigenvalue weighted by Crippen LogP contribution is 2.51. The van der Waals surface area contributed by atoms with Gasteiger partial charge < -0.3 is 4.57 Å². The van der Waals surface area contributed by atoms with Crippen LogP contribution in [0.3, 0.4) is 0 Å². The summed E-state index contributed by atoms with van der Waals surface area (Å²) in [4.78, 5) is 26.5. The Labute approximate surface area is 410 Å². The molecule has 1 aliphatic rings. The van der Waals surface area contributed by atoms with Gasteiger partial charge in [0.25, 0.3) is 0 Å². The molecule has 13 aromatic rings. The second kappa shape index (κ2) is 15.9. The highest BCUT2D eigenvalue weighted by Gasteiger charge is 2.36. The lowest BCUT2D eigenvalue weighted by molar-refractivity contribution is 0.661. The molecular weight excluding hydrogens is 867 g/mol. The van der Waals surface area contributed by atoms with Gasteiger partial charge in [-0.1, -0.05) is 190 Å². The van der Waals surface area contributed by atoms with Gasteiger partial charge in [-0.25, -0.2) is 15.0 Å². The second-order valence-electron chi connectivity index (χ2n) is 18.9. The Kier molecular flexibility index (Phi) is 9.10. The van der Waals surface area contributed by atoms with Gasteiger partial charge in [0.2, 0.25) is 5.95 Å². The molecule has 0 aliphatic heterocycles. The van der Waals surface area contributed by atoms with E-state index in [-0.39, 0.29) is 5.41 Å². The van der Waals surface area contributed by atoms with Crippen LogP contribution in [0.15, 0.2) is 224 Å². The maximum absolute atomic E-state index is 5.46. The average molecular weight is 910 g/mol. The Morgan fingerprint density at radius 3 is 1.44 bits per heavy atom. The minimum absolute atomic E-state index is 0.129. The summed E-state index contributed by atoms with van der Waals surface area (Å²) in [7, 11) is 0. The van der Waals surface area contributed by atoms with E-state index in [1.165, 1.54) is 38.5 Å². The molecule has 0 fully saturated rings. The summed E-state index contributed by atoms with van der Waals surface area (Å²) in [6, 6.07) is 79.0. The number of hydrogen-bond acceptors (Lipinski definition) is 5. The minimum atomic E-state index is -0.129. The van der Waals surface area contributed by atoms with E-state index < -0.39 is 0 Å². The van der Waals surface area contributed by atoms with E-state index in [1.807, 2.05) is 84.9 Å². The van der Waals surface area contributed by atoms with Gasteiger partial charge in [0, 0.05) is 49.5 Å². The van der Waals surface area contributed by atoms with Crippen LogP contribution in [0.4, 0.5) is 0 Å². The molecule has 0 bridgehead atoms. The fraction of sp³-hybridized carbons (Fsp3) is 0.0469. The SMILES string of the molecule is CC1(C)c2ccccc2-c2cc3c4cc(-c5ccc6c(c5)c5c(-c7ccccc7)nc(-c7ccccc7)nc5n6-c5nc(-c6ccccc6)nc(-c6ccccc6)n5)ccc4n(-c4ccccc4)c3cc21. The first-order valence-electron chi connectivity index (χ1n) is 24.1. The molecule has 0 saturated heterocycles. The van der Waals surface area contributed by atoms with Crippen molar-refractivity contribution in [1.29, 1.82) is 0 Å². The van der Waals surface area contributed by atoms with Crippen LogP contribution >= 0.6 is 0 Å². The zero-order valence-corrected chi connectivity index (χ0v) is 39.0. The molecule has 0 N–H and O–H groups in total. The summed E-state index contributed by atoms with van der Waals surface area (Å²) in [6.45, 7) is 4.71. The van der Waals surface area contributed by atoms with E-state index in [0.717, 1.165) is 66.6 Å². The maximum atomic E-state index is 5.46. The number of hydrogen-bond donors (Lipinski definition) is 0. The van der Waals surface area contributed by atoms with Crippen molar-refractivity contribution in [2.45, 2.75) is 19.3 Å². The van der Waals surface area contributed by atoms with Gasteiger partial charge in [0.05, 0.1) is 27.6 Å². The number of nitrogens with zero attached hydrogens (tertiary/aromatic N) is 7. The molecule has 0 atom stereocenters. The molecule has 4 aromatic heterocycles. The third-order valence-corrected chi connectivity index (χ3v) is 14.4. The Morgan fingerprint density at radius 2 is 0.831 bits per heavy atom. The predicted octanol–water partition coefficient (Wildman–Crippen LogP) is 15.5. The van der Waals surface area contributed by atoms with Gasteiger partial charge in [-0.3, -0.25) is 4.57 Å². The van der Waals surface area contributed by atoms with Gasteiger partial charge in [-0.2, -0.15) is 9.97 Å². The summed E-state index contributed by atoms with van der Waals surface area (Å²) in [5.74, 6) is 2.22. The molecule has 0 saturated carbocycles. The average Bonchev–Trinajstić information content (AvgIpc) is 4.02. The maximum Gasteiger partial charge on any atom is 0.240 e. The van der Waals surface area contributed by atoms with E-state index in [2.05, 4.69) is 163 Å². The lowest BCUT2D eigenvalue weighted by Crippen LogP contribution is -2.14. The molecule has 9 aromatic carbocycles. The first-order valence-corrected chi connectivity index (χ1v) is 24.1. The molecule has 4 heterocycles. The van der Waals surface area contributed by atoms with Crippen LogP contribution in [0.5, 0.6) is 0 Å². The fourth-order valence-corrected chi connectivity index (χ4v) is 11.0. The van der Waals surface area contributed by atoms with Crippen LogP contribution in [0.25, 0.3) is 123 Å². The van der Waals surface area contributed by atoms with Crippen LogP contribution in [-0.4, -0.2) is 34.1 Å². The van der Waals surface area contributed by atoms with Gasteiger partial charge >= 0.3 is 0 Å². The first kappa shape index (κ1) is 40.7. The predicted molar refractivity (Wildman–Crippen MR) is 289 cm³/mol. The monoisotopic (exact) mass is 909 g/mol. The minimum Gasteiger partial charge on any atom is -0.309 e. The molecule has 0 amide bonds. The van der Waals surface area contributed by atoms with Crippen LogP contribution in [0.1, 0.15) is 25.0 Å². The normalized spacial score (nSPS) is 12.8. The molecule has 7 nitrogen and oxygen atoms in total. The number of rotatable bonds is 7. The molecule has 71 heavy (non-hydrogen) atoms. The fourth-order valence-electron chi connectivity index (χ4n) is 11.0. The topological polar surface area (TPSA) is 74.3 Å². The van der Waals surface area contributed by atoms with Crippen molar-refractivity contribution in [1.82, 2.24) is 34.1 Å². The Morgan fingerprint density at radius 1 is 0.338 bits per heavy atom. The van der Waals surface area contributed by atoms with E-state index in [9.17, 15) is 0 Å². The third kappa shape index (κ3) is 6.47. The van der Waals surface area contributed by atoms with Crippen molar-refractivity contribution in [3.05, 3.63) is 236 Å². The highest BCUT2D eigenvalue weighted by molar-refractivity contribution is 6.16. The molecule has 0 radical (unpaired) electrons.